The van der Waals surface area contributed by atoms with Gasteiger partial charge in [0.25, 0.3) is 5.91 Å². The highest BCUT2D eigenvalue weighted by Gasteiger charge is 2.30. The number of nitrogens with zero attached hydrogens (tertiary/aromatic N) is 4. The highest BCUT2D eigenvalue weighted by Crippen LogP contribution is 2.34. The summed E-state index contributed by atoms with van der Waals surface area (Å²) in [5, 5.41) is 3.92. The molecule has 3 aromatic rings. The molecule has 2 aromatic heterocycles. The normalized spacial score (nSPS) is 17.7. The second kappa shape index (κ2) is 8.93. The number of halogens is 1. The first kappa shape index (κ1) is 21.1. The van der Waals surface area contributed by atoms with Crippen LogP contribution in [0.15, 0.2) is 48.6 Å². The first-order valence-corrected chi connectivity index (χ1v) is 11.0. The van der Waals surface area contributed by atoms with Crippen LogP contribution >= 0.6 is 11.3 Å². The predicted molar refractivity (Wildman–Crippen MR) is 120 cm³/mol. The van der Waals surface area contributed by atoms with Gasteiger partial charge in [-0.3, -0.25) is 4.79 Å². The Morgan fingerprint density at radius 1 is 1.23 bits per heavy atom. The van der Waals surface area contributed by atoms with Crippen LogP contribution in [0.4, 0.5) is 10.3 Å². The van der Waals surface area contributed by atoms with Gasteiger partial charge in [0, 0.05) is 30.8 Å². The summed E-state index contributed by atoms with van der Waals surface area (Å²) < 4.78 is 13.4. The van der Waals surface area contributed by atoms with Gasteiger partial charge >= 0.3 is 0 Å². The van der Waals surface area contributed by atoms with Gasteiger partial charge in [0.15, 0.2) is 0 Å². The Balaban J connectivity index is 1.65. The van der Waals surface area contributed by atoms with Crippen molar-refractivity contribution in [3.63, 3.8) is 0 Å². The number of rotatable bonds is 4. The summed E-state index contributed by atoms with van der Waals surface area (Å²) in [6.07, 6.45) is 7.22. The second-order valence-corrected chi connectivity index (χ2v) is 8.92. The Morgan fingerprint density at radius 2 is 1.94 bits per heavy atom. The van der Waals surface area contributed by atoms with Crippen molar-refractivity contribution in [2.75, 3.05) is 11.9 Å². The number of amides is 1. The van der Waals surface area contributed by atoms with Crippen LogP contribution < -0.4 is 5.32 Å². The molecule has 1 aliphatic rings. The molecule has 0 aliphatic carbocycles. The smallest absolute Gasteiger partial charge is 0.278 e. The van der Waals surface area contributed by atoms with Crippen molar-refractivity contribution in [3.8, 4) is 10.4 Å². The number of likely N-dealkylation sites (tertiary alicyclic amines) is 1. The molecule has 1 atom stereocenters. The number of benzene rings is 1. The zero-order valence-electron chi connectivity index (χ0n) is 17.7. The molecule has 4 rings (SSSR count). The van der Waals surface area contributed by atoms with Gasteiger partial charge in [-0.2, -0.15) is 0 Å². The summed E-state index contributed by atoms with van der Waals surface area (Å²) in [6.45, 7) is 6.53. The molecule has 0 saturated carbocycles. The summed E-state index contributed by atoms with van der Waals surface area (Å²) in [7, 11) is 0. The van der Waals surface area contributed by atoms with Crippen molar-refractivity contribution < 1.29 is 9.18 Å². The molecule has 0 radical (unpaired) electrons. The van der Waals surface area contributed by atoms with Crippen molar-refractivity contribution >= 4 is 23.2 Å². The number of nitrogens with one attached hydrogen (secondary N) is 1. The number of allylic oxidation sites excluding steroid dienone is 1. The molecule has 8 heteroatoms. The third kappa shape index (κ3) is 4.64. The molecule has 1 aromatic carbocycles. The van der Waals surface area contributed by atoms with Crippen LogP contribution in [-0.4, -0.2) is 32.3 Å². The standard InChI is InChI=1S/C23H24FN5OS/c1-14-11-25-23(26-12-14)27-13-19-15(2)5-4-10-29(19)22(30)20-21(31-16(3)28-20)17-6-8-18(24)9-7-17/h6-9,11-13,15H,4-5,10H2,1-3H3,(H,25,26,27)/b19-13+/t15-/m1/s1. The highest BCUT2D eigenvalue weighted by atomic mass is 32.1. The maximum Gasteiger partial charge on any atom is 0.278 e. The molecule has 1 amide bonds. The van der Waals surface area contributed by atoms with Gasteiger partial charge in [0.1, 0.15) is 11.5 Å². The van der Waals surface area contributed by atoms with Crippen LogP contribution in [0.2, 0.25) is 0 Å². The molecule has 1 saturated heterocycles. The van der Waals surface area contributed by atoms with E-state index in [1.54, 1.807) is 29.4 Å². The number of piperidine rings is 1. The number of carbonyl (C=O) groups excluding carboxylic acids is 1. The minimum Gasteiger partial charge on any atom is -0.329 e. The third-order valence-electron chi connectivity index (χ3n) is 5.25. The lowest BCUT2D eigenvalue weighted by Crippen LogP contribution is -2.38. The van der Waals surface area contributed by atoms with Crippen LogP contribution in [0, 0.1) is 25.6 Å². The summed E-state index contributed by atoms with van der Waals surface area (Å²) >= 11 is 1.44. The minimum atomic E-state index is -0.308. The van der Waals surface area contributed by atoms with E-state index in [-0.39, 0.29) is 17.6 Å². The Morgan fingerprint density at radius 3 is 2.65 bits per heavy atom. The lowest BCUT2D eigenvalue weighted by molar-refractivity contribution is 0.0757. The molecule has 160 valence electrons. The molecular formula is C23H24FN5OS. The summed E-state index contributed by atoms with van der Waals surface area (Å²) in [4.78, 5) is 29.2. The monoisotopic (exact) mass is 437 g/mol. The molecule has 0 spiro atoms. The minimum absolute atomic E-state index is 0.145. The van der Waals surface area contributed by atoms with E-state index in [2.05, 4.69) is 27.2 Å². The molecule has 6 nitrogen and oxygen atoms in total. The molecule has 1 N–H and O–H groups in total. The van der Waals surface area contributed by atoms with Gasteiger partial charge in [-0.05, 0) is 55.9 Å². The summed E-state index contributed by atoms with van der Waals surface area (Å²) in [6, 6.07) is 6.17. The summed E-state index contributed by atoms with van der Waals surface area (Å²) in [5.41, 5.74) is 3.06. The molecule has 1 aliphatic heterocycles. The fourth-order valence-electron chi connectivity index (χ4n) is 3.64. The van der Waals surface area contributed by atoms with Gasteiger partial charge in [-0.25, -0.2) is 19.3 Å². The fraction of sp³-hybridized carbons (Fsp3) is 0.304. The van der Waals surface area contributed by atoms with Crippen LogP contribution in [-0.2, 0) is 0 Å². The van der Waals surface area contributed by atoms with Crippen molar-refractivity contribution in [1.29, 1.82) is 0 Å². The molecular weight excluding hydrogens is 413 g/mol. The van der Waals surface area contributed by atoms with Crippen molar-refractivity contribution in [3.05, 3.63) is 70.6 Å². The Bertz CT molecular complexity index is 1110. The maximum absolute atomic E-state index is 13.6. The van der Waals surface area contributed by atoms with Crippen molar-refractivity contribution in [1.82, 2.24) is 19.9 Å². The first-order valence-electron chi connectivity index (χ1n) is 10.2. The number of thiazole rings is 1. The van der Waals surface area contributed by atoms with E-state index in [0.29, 0.717) is 18.2 Å². The number of carbonyl (C=O) groups is 1. The zero-order valence-corrected chi connectivity index (χ0v) is 18.5. The summed E-state index contributed by atoms with van der Waals surface area (Å²) in [5.74, 6) is 0.231. The van der Waals surface area contributed by atoms with Crippen LogP contribution in [0.3, 0.4) is 0 Å². The van der Waals surface area contributed by atoms with E-state index in [0.717, 1.165) is 39.6 Å². The Kier molecular flexibility index (Phi) is 6.08. The van der Waals surface area contributed by atoms with Crippen LogP contribution in [0.5, 0.6) is 0 Å². The molecule has 0 unspecified atom stereocenters. The molecule has 0 bridgehead atoms. The number of aryl methyl sites for hydroxylation is 2. The van der Waals surface area contributed by atoms with E-state index in [9.17, 15) is 9.18 Å². The number of anilines is 1. The molecule has 31 heavy (non-hydrogen) atoms. The lowest BCUT2D eigenvalue weighted by Gasteiger charge is -2.34. The van der Waals surface area contributed by atoms with Gasteiger partial charge in [0.05, 0.1) is 9.88 Å². The van der Waals surface area contributed by atoms with E-state index >= 15 is 0 Å². The van der Waals surface area contributed by atoms with Crippen LogP contribution in [0.25, 0.3) is 10.4 Å². The maximum atomic E-state index is 13.6. The average molecular weight is 438 g/mol. The highest BCUT2D eigenvalue weighted by molar-refractivity contribution is 7.15. The van der Waals surface area contributed by atoms with Gasteiger partial charge in [-0.1, -0.05) is 19.1 Å². The van der Waals surface area contributed by atoms with Gasteiger partial charge < -0.3 is 10.2 Å². The van der Waals surface area contributed by atoms with Crippen molar-refractivity contribution in [2.45, 2.75) is 33.6 Å². The van der Waals surface area contributed by atoms with Gasteiger partial charge in [0.2, 0.25) is 5.95 Å². The zero-order chi connectivity index (χ0) is 22.0. The van der Waals surface area contributed by atoms with E-state index in [1.807, 2.05) is 20.0 Å². The van der Waals surface area contributed by atoms with E-state index in [1.165, 1.54) is 23.5 Å². The third-order valence-corrected chi connectivity index (χ3v) is 6.27. The molecule has 3 heterocycles. The number of hydrogen-bond acceptors (Lipinski definition) is 6. The van der Waals surface area contributed by atoms with Gasteiger partial charge in [-0.15, -0.1) is 11.3 Å². The van der Waals surface area contributed by atoms with Crippen LogP contribution in [0.1, 0.15) is 40.8 Å². The average Bonchev–Trinajstić information content (AvgIpc) is 3.15. The number of hydrogen-bond donors (Lipinski definition) is 1. The van der Waals surface area contributed by atoms with E-state index in [4.69, 9.17) is 0 Å². The van der Waals surface area contributed by atoms with E-state index < -0.39 is 0 Å². The number of aromatic nitrogens is 3. The quantitative estimate of drug-likeness (QED) is 0.609. The second-order valence-electron chi connectivity index (χ2n) is 7.72. The molecule has 1 fully saturated rings. The Labute approximate surface area is 184 Å². The van der Waals surface area contributed by atoms with Crippen molar-refractivity contribution in [2.24, 2.45) is 5.92 Å². The predicted octanol–water partition coefficient (Wildman–Crippen LogP) is 5.18. The fourth-order valence-corrected chi connectivity index (χ4v) is 4.56. The topological polar surface area (TPSA) is 71.0 Å². The SMILES string of the molecule is Cc1cnc(N/C=C2\[C@H](C)CCCN2C(=O)c2nc(C)sc2-c2ccc(F)cc2)nc1. The first-order chi connectivity index (χ1) is 14.9. The Hall–Kier alpha value is -3.13. The lowest BCUT2D eigenvalue weighted by atomic mass is 9.95. The largest absolute Gasteiger partial charge is 0.329 e.